The first kappa shape index (κ1) is 13.6. The fraction of sp³-hybridized carbons (Fsp3) is 0.250. The highest BCUT2D eigenvalue weighted by molar-refractivity contribution is 5.79. The minimum atomic E-state index is 0.765. The lowest BCUT2D eigenvalue weighted by Gasteiger charge is -2.19. The summed E-state index contributed by atoms with van der Waals surface area (Å²) >= 11 is 0. The molecule has 0 saturated heterocycles. The second-order valence-electron chi connectivity index (χ2n) is 5.10. The Kier molecular flexibility index (Phi) is 4.12. The fourth-order valence-corrected chi connectivity index (χ4v) is 2.16. The van der Waals surface area contributed by atoms with E-state index in [0.29, 0.717) is 0 Å². The predicted molar refractivity (Wildman–Crippen MR) is 84.3 cm³/mol. The summed E-state index contributed by atoms with van der Waals surface area (Å²) < 4.78 is 5.26. The quantitative estimate of drug-likeness (QED) is 0.692. The van der Waals surface area contributed by atoms with Gasteiger partial charge in [0, 0.05) is 18.7 Å². The second kappa shape index (κ2) is 6.37. The van der Waals surface area contributed by atoms with Crippen molar-refractivity contribution in [3.8, 4) is 11.3 Å². The highest BCUT2D eigenvalue weighted by atomic mass is 16.3. The molecule has 1 aromatic heterocycles. The smallest absolute Gasteiger partial charge is 0.181 e. The number of nitrogens with one attached hydrogen (secondary N) is 1. The van der Waals surface area contributed by atoms with Gasteiger partial charge >= 0.3 is 0 Å². The average molecular weight is 282 g/mol. The highest BCUT2D eigenvalue weighted by Gasteiger charge is 2.05. The van der Waals surface area contributed by atoms with Crippen LogP contribution in [0.4, 0.5) is 5.69 Å². The third-order valence-electron chi connectivity index (χ3n) is 3.47. The summed E-state index contributed by atoms with van der Waals surface area (Å²) in [4.78, 5) is 6.20. The Morgan fingerprint density at radius 1 is 1.33 bits per heavy atom. The standard InChI is InChI=1S/C16H18N4O/c1-20-8-6-13(7-9-20)10-18-19-15-4-2-14(3-5-15)16-11-17-12-21-16/h2-6,10-12,19H,7-9H2,1H3. The van der Waals surface area contributed by atoms with Gasteiger partial charge in [0.2, 0.25) is 0 Å². The molecule has 0 amide bonds. The van der Waals surface area contributed by atoms with Crippen molar-refractivity contribution in [2.45, 2.75) is 6.42 Å². The van der Waals surface area contributed by atoms with Gasteiger partial charge in [0.25, 0.3) is 0 Å². The van der Waals surface area contributed by atoms with Gasteiger partial charge in [-0.2, -0.15) is 5.10 Å². The first-order valence-corrected chi connectivity index (χ1v) is 6.97. The maximum Gasteiger partial charge on any atom is 0.181 e. The van der Waals surface area contributed by atoms with Gasteiger partial charge in [-0.3, -0.25) is 5.43 Å². The molecule has 0 atom stereocenters. The van der Waals surface area contributed by atoms with Crippen LogP contribution in [0.3, 0.4) is 0 Å². The molecule has 1 aliphatic rings. The van der Waals surface area contributed by atoms with Gasteiger partial charge in [0.05, 0.1) is 18.1 Å². The van der Waals surface area contributed by atoms with E-state index in [1.54, 1.807) is 6.20 Å². The van der Waals surface area contributed by atoms with Crippen LogP contribution in [0, 0.1) is 0 Å². The van der Waals surface area contributed by atoms with E-state index in [1.807, 2.05) is 30.5 Å². The Balaban J connectivity index is 1.58. The monoisotopic (exact) mass is 282 g/mol. The number of nitrogens with zero attached hydrogens (tertiary/aromatic N) is 3. The van der Waals surface area contributed by atoms with Crippen LogP contribution in [0.25, 0.3) is 11.3 Å². The molecular weight excluding hydrogens is 264 g/mol. The van der Waals surface area contributed by atoms with E-state index in [9.17, 15) is 0 Å². The van der Waals surface area contributed by atoms with Gasteiger partial charge < -0.3 is 9.32 Å². The molecular formula is C16H18N4O. The zero-order valence-electron chi connectivity index (χ0n) is 12.0. The minimum Gasteiger partial charge on any atom is -0.444 e. The van der Waals surface area contributed by atoms with E-state index < -0.39 is 0 Å². The Hall–Kier alpha value is -2.40. The van der Waals surface area contributed by atoms with Gasteiger partial charge in [0.1, 0.15) is 0 Å². The number of aromatic nitrogens is 1. The molecule has 2 aromatic rings. The van der Waals surface area contributed by atoms with Gasteiger partial charge in [-0.05, 0) is 43.3 Å². The summed E-state index contributed by atoms with van der Waals surface area (Å²) in [7, 11) is 2.12. The van der Waals surface area contributed by atoms with Crippen LogP contribution in [0.2, 0.25) is 0 Å². The molecule has 0 radical (unpaired) electrons. The van der Waals surface area contributed by atoms with Crippen LogP contribution >= 0.6 is 0 Å². The first-order valence-electron chi connectivity index (χ1n) is 6.97. The predicted octanol–water partition coefficient (Wildman–Crippen LogP) is 3.00. The van der Waals surface area contributed by atoms with Crippen LogP contribution < -0.4 is 5.43 Å². The van der Waals surface area contributed by atoms with Crippen molar-refractivity contribution in [2.75, 3.05) is 25.6 Å². The molecule has 5 heteroatoms. The molecule has 0 fully saturated rings. The minimum absolute atomic E-state index is 0.765. The van der Waals surface area contributed by atoms with E-state index in [-0.39, 0.29) is 0 Å². The SMILES string of the molecule is CN1CC=C(C=NNc2ccc(-c3cnco3)cc2)CC1. The van der Waals surface area contributed by atoms with Crippen LogP contribution in [0.15, 0.2) is 58.0 Å². The van der Waals surface area contributed by atoms with E-state index >= 15 is 0 Å². The maximum absolute atomic E-state index is 5.26. The van der Waals surface area contributed by atoms with Crippen molar-refractivity contribution < 1.29 is 4.42 Å². The van der Waals surface area contributed by atoms with E-state index in [4.69, 9.17) is 4.42 Å². The van der Waals surface area contributed by atoms with Crippen LogP contribution in [0.5, 0.6) is 0 Å². The van der Waals surface area contributed by atoms with Crippen molar-refractivity contribution in [3.05, 3.63) is 48.5 Å². The number of oxazole rings is 1. The second-order valence-corrected chi connectivity index (χ2v) is 5.10. The molecule has 1 N–H and O–H groups in total. The van der Waals surface area contributed by atoms with Gasteiger partial charge in [-0.1, -0.05) is 6.08 Å². The average Bonchev–Trinajstić information content (AvgIpc) is 3.04. The summed E-state index contributed by atoms with van der Waals surface area (Å²) in [6.45, 7) is 2.08. The fourth-order valence-electron chi connectivity index (χ4n) is 2.16. The van der Waals surface area contributed by atoms with Gasteiger partial charge in [0.15, 0.2) is 12.2 Å². The molecule has 0 spiro atoms. The van der Waals surface area contributed by atoms with Gasteiger partial charge in [-0.25, -0.2) is 4.98 Å². The number of hydrogen-bond acceptors (Lipinski definition) is 5. The molecule has 1 aliphatic heterocycles. The molecule has 2 heterocycles. The first-order chi connectivity index (χ1) is 10.3. The molecule has 5 nitrogen and oxygen atoms in total. The lowest BCUT2D eigenvalue weighted by Crippen LogP contribution is -2.24. The third kappa shape index (κ3) is 3.58. The lowest BCUT2D eigenvalue weighted by molar-refractivity contribution is 0.363. The number of benzene rings is 1. The molecule has 21 heavy (non-hydrogen) atoms. The molecule has 108 valence electrons. The Morgan fingerprint density at radius 3 is 2.86 bits per heavy atom. The van der Waals surface area contributed by atoms with Gasteiger partial charge in [-0.15, -0.1) is 0 Å². The molecule has 0 bridgehead atoms. The van der Waals surface area contributed by atoms with Crippen molar-refractivity contribution in [1.82, 2.24) is 9.88 Å². The zero-order valence-corrected chi connectivity index (χ0v) is 12.0. The highest BCUT2D eigenvalue weighted by Crippen LogP contribution is 2.20. The van der Waals surface area contributed by atoms with Crippen molar-refractivity contribution in [2.24, 2.45) is 5.10 Å². The summed E-state index contributed by atoms with van der Waals surface area (Å²) in [5.41, 5.74) is 6.27. The zero-order chi connectivity index (χ0) is 14.5. The topological polar surface area (TPSA) is 53.7 Å². The third-order valence-corrected chi connectivity index (χ3v) is 3.47. The summed E-state index contributed by atoms with van der Waals surface area (Å²) in [6.07, 6.45) is 8.29. The van der Waals surface area contributed by atoms with Crippen LogP contribution in [-0.4, -0.2) is 36.2 Å². The summed E-state index contributed by atoms with van der Waals surface area (Å²) in [5.74, 6) is 0.765. The molecule has 0 saturated carbocycles. The van der Waals surface area contributed by atoms with Crippen molar-refractivity contribution in [3.63, 3.8) is 0 Å². The molecule has 0 aliphatic carbocycles. The largest absolute Gasteiger partial charge is 0.444 e. The Morgan fingerprint density at radius 2 is 2.19 bits per heavy atom. The van der Waals surface area contributed by atoms with E-state index in [2.05, 4.69) is 33.5 Å². The van der Waals surface area contributed by atoms with Crippen molar-refractivity contribution >= 4 is 11.9 Å². The number of rotatable bonds is 4. The summed E-state index contributed by atoms with van der Waals surface area (Å²) in [6, 6.07) is 7.90. The summed E-state index contributed by atoms with van der Waals surface area (Å²) in [5, 5.41) is 4.29. The van der Waals surface area contributed by atoms with Crippen molar-refractivity contribution in [1.29, 1.82) is 0 Å². The Bertz CT molecular complexity index is 629. The number of anilines is 1. The number of hydrogen-bond donors (Lipinski definition) is 1. The normalized spacial score (nSPS) is 16.1. The molecule has 1 aromatic carbocycles. The van der Waals surface area contributed by atoms with Crippen LogP contribution in [-0.2, 0) is 0 Å². The lowest BCUT2D eigenvalue weighted by atomic mass is 10.1. The van der Waals surface area contributed by atoms with E-state index in [1.165, 1.54) is 12.0 Å². The number of likely N-dealkylation sites (N-methyl/N-ethyl adjacent to an activating group) is 1. The number of hydrazone groups is 1. The maximum atomic E-state index is 5.26. The molecule has 3 rings (SSSR count). The molecule has 0 unspecified atom stereocenters. The van der Waals surface area contributed by atoms with E-state index in [0.717, 1.165) is 36.5 Å². The van der Waals surface area contributed by atoms with Crippen LogP contribution in [0.1, 0.15) is 6.42 Å². The Labute approximate surface area is 124 Å².